The van der Waals surface area contributed by atoms with E-state index in [4.69, 9.17) is 21.8 Å². The standard InChI is InChI=1S/C4H8ClNO3/c5-2(1-7)3(8)4(6)9/h2-3,7-8H,1H2,(H2,6,9)/t2-,3+/m1/s1. The Bertz CT molecular complexity index is 108. The van der Waals surface area contributed by atoms with Crippen molar-refractivity contribution in [3.8, 4) is 0 Å². The van der Waals surface area contributed by atoms with Crippen molar-refractivity contribution in [3.63, 3.8) is 0 Å². The van der Waals surface area contributed by atoms with Gasteiger partial charge in [-0.05, 0) is 0 Å². The molecule has 54 valence electrons. The quantitative estimate of drug-likeness (QED) is 0.429. The Balaban J connectivity index is 3.72. The molecule has 0 fully saturated rings. The third-order valence-corrected chi connectivity index (χ3v) is 1.19. The van der Waals surface area contributed by atoms with Gasteiger partial charge in [0.15, 0.2) is 6.10 Å². The summed E-state index contributed by atoms with van der Waals surface area (Å²) >= 11 is 5.21. The number of amides is 1. The van der Waals surface area contributed by atoms with Crippen LogP contribution in [0.4, 0.5) is 0 Å². The van der Waals surface area contributed by atoms with Crippen molar-refractivity contribution in [1.82, 2.24) is 0 Å². The maximum atomic E-state index is 10.1. The number of halogens is 1. The third kappa shape index (κ3) is 2.64. The average Bonchev–Trinajstić information content (AvgIpc) is 1.84. The first-order chi connectivity index (χ1) is 4.09. The van der Waals surface area contributed by atoms with Crippen LogP contribution in [-0.4, -0.2) is 34.2 Å². The Kier molecular flexibility index (Phi) is 3.53. The second-order valence-electron chi connectivity index (χ2n) is 1.55. The Morgan fingerprint density at radius 1 is 1.78 bits per heavy atom. The number of carbonyl (C=O) groups is 1. The van der Waals surface area contributed by atoms with E-state index in [0.717, 1.165) is 0 Å². The zero-order valence-corrected chi connectivity index (χ0v) is 5.38. The highest BCUT2D eigenvalue weighted by atomic mass is 35.5. The topological polar surface area (TPSA) is 83.6 Å². The predicted octanol–water partition coefficient (Wildman–Crippen LogP) is -1.57. The molecular formula is C4H8ClNO3. The number of nitrogens with two attached hydrogens (primary N) is 1. The fourth-order valence-electron chi connectivity index (χ4n) is 0.278. The summed E-state index contributed by atoms with van der Waals surface area (Å²) < 4.78 is 0. The summed E-state index contributed by atoms with van der Waals surface area (Å²) in [7, 11) is 0. The largest absolute Gasteiger partial charge is 0.395 e. The van der Waals surface area contributed by atoms with Crippen LogP contribution in [0, 0.1) is 0 Å². The second kappa shape index (κ2) is 3.66. The number of primary amides is 1. The summed E-state index contributed by atoms with van der Waals surface area (Å²) in [4.78, 5) is 10.1. The highest BCUT2D eigenvalue weighted by Crippen LogP contribution is 1.99. The predicted molar refractivity (Wildman–Crippen MR) is 31.9 cm³/mol. The Labute approximate surface area is 57.2 Å². The lowest BCUT2D eigenvalue weighted by molar-refractivity contribution is -0.126. The molecule has 0 spiro atoms. The zero-order valence-electron chi connectivity index (χ0n) is 4.62. The van der Waals surface area contributed by atoms with Crippen molar-refractivity contribution in [2.24, 2.45) is 5.73 Å². The molecule has 0 aliphatic rings. The molecule has 9 heavy (non-hydrogen) atoms. The fraction of sp³-hybridized carbons (Fsp3) is 0.750. The van der Waals surface area contributed by atoms with E-state index >= 15 is 0 Å². The van der Waals surface area contributed by atoms with E-state index in [1.165, 1.54) is 0 Å². The molecule has 0 aliphatic carbocycles. The van der Waals surface area contributed by atoms with Gasteiger partial charge in [0.2, 0.25) is 5.91 Å². The number of hydrogen-bond donors (Lipinski definition) is 3. The van der Waals surface area contributed by atoms with Crippen LogP contribution in [-0.2, 0) is 4.79 Å². The van der Waals surface area contributed by atoms with E-state index < -0.39 is 24.0 Å². The van der Waals surface area contributed by atoms with Crippen molar-refractivity contribution < 1.29 is 15.0 Å². The molecule has 0 aromatic carbocycles. The first-order valence-electron chi connectivity index (χ1n) is 2.32. The Morgan fingerprint density at radius 2 is 2.22 bits per heavy atom. The first-order valence-corrected chi connectivity index (χ1v) is 2.75. The van der Waals surface area contributed by atoms with E-state index in [2.05, 4.69) is 5.73 Å². The minimum atomic E-state index is -1.46. The fourth-order valence-corrected chi connectivity index (χ4v) is 0.402. The van der Waals surface area contributed by atoms with E-state index in [9.17, 15) is 4.79 Å². The summed E-state index contributed by atoms with van der Waals surface area (Å²) in [6, 6.07) is 0. The van der Waals surface area contributed by atoms with E-state index in [1.54, 1.807) is 0 Å². The number of hydrogen-bond acceptors (Lipinski definition) is 3. The zero-order chi connectivity index (χ0) is 7.44. The number of carbonyl (C=O) groups excluding carboxylic acids is 1. The molecule has 4 N–H and O–H groups in total. The van der Waals surface area contributed by atoms with Crippen LogP contribution < -0.4 is 5.73 Å². The van der Waals surface area contributed by atoms with E-state index in [-0.39, 0.29) is 0 Å². The summed E-state index contributed by atoms with van der Waals surface area (Å²) in [5.74, 6) is -0.927. The summed E-state index contributed by atoms with van der Waals surface area (Å²) in [5.41, 5.74) is 4.63. The van der Waals surface area contributed by atoms with Gasteiger partial charge in [-0.25, -0.2) is 0 Å². The van der Waals surface area contributed by atoms with Gasteiger partial charge in [-0.3, -0.25) is 4.79 Å². The molecule has 2 atom stereocenters. The van der Waals surface area contributed by atoms with Crippen molar-refractivity contribution in [2.75, 3.05) is 6.61 Å². The molecule has 0 saturated heterocycles. The van der Waals surface area contributed by atoms with Crippen molar-refractivity contribution in [2.45, 2.75) is 11.5 Å². The van der Waals surface area contributed by atoms with Crippen LogP contribution in [0.2, 0.25) is 0 Å². The molecule has 0 radical (unpaired) electrons. The number of rotatable bonds is 3. The number of aliphatic hydroxyl groups excluding tert-OH is 2. The maximum absolute atomic E-state index is 10.1. The monoisotopic (exact) mass is 153 g/mol. The van der Waals surface area contributed by atoms with Crippen LogP contribution in [0.3, 0.4) is 0 Å². The van der Waals surface area contributed by atoms with Gasteiger partial charge < -0.3 is 15.9 Å². The molecule has 0 aromatic heterocycles. The maximum Gasteiger partial charge on any atom is 0.247 e. The lowest BCUT2D eigenvalue weighted by Crippen LogP contribution is -2.37. The molecule has 0 bridgehead atoms. The van der Waals surface area contributed by atoms with Gasteiger partial charge >= 0.3 is 0 Å². The SMILES string of the molecule is NC(=O)[C@@H](O)[C@H](Cl)CO. The van der Waals surface area contributed by atoms with Gasteiger partial charge in [0.25, 0.3) is 0 Å². The number of alkyl halides is 1. The van der Waals surface area contributed by atoms with Crippen LogP contribution in [0.25, 0.3) is 0 Å². The van der Waals surface area contributed by atoms with Crippen molar-refractivity contribution in [3.05, 3.63) is 0 Å². The molecule has 0 saturated carbocycles. The van der Waals surface area contributed by atoms with Crippen LogP contribution in [0.1, 0.15) is 0 Å². The minimum Gasteiger partial charge on any atom is -0.395 e. The molecule has 1 amide bonds. The van der Waals surface area contributed by atoms with Gasteiger partial charge in [-0.15, -0.1) is 11.6 Å². The lowest BCUT2D eigenvalue weighted by atomic mass is 10.2. The Hall–Kier alpha value is -0.320. The molecule has 4 nitrogen and oxygen atoms in total. The van der Waals surface area contributed by atoms with Crippen LogP contribution in [0.15, 0.2) is 0 Å². The minimum absolute atomic E-state index is 0.467. The van der Waals surface area contributed by atoms with E-state index in [0.29, 0.717) is 0 Å². The molecule has 5 heteroatoms. The van der Waals surface area contributed by atoms with Crippen LogP contribution in [0.5, 0.6) is 0 Å². The Morgan fingerprint density at radius 3 is 2.33 bits per heavy atom. The van der Waals surface area contributed by atoms with Gasteiger partial charge in [0.05, 0.1) is 12.0 Å². The lowest BCUT2D eigenvalue weighted by Gasteiger charge is -2.09. The average molecular weight is 154 g/mol. The molecular weight excluding hydrogens is 146 g/mol. The molecule has 0 aliphatic heterocycles. The first kappa shape index (κ1) is 8.68. The summed E-state index contributed by atoms with van der Waals surface area (Å²) in [6.07, 6.45) is -1.46. The van der Waals surface area contributed by atoms with Crippen LogP contribution >= 0.6 is 11.6 Å². The molecule has 0 aromatic rings. The van der Waals surface area contributed by atoms with E-state index in [1.807, 2.05) is 0 Å². The molecule has 0 rings (SSSR count). The van der Waals surface area contributed by atoms with Gasteiger partial charge in [-0.2, -0.15) is 0 Å². The highest BCUT2D eigenvalue weighted by molar-refractivity contribution is 6.22. The van der Waals surface area contributed by atoms with Gasteiger partial charge in [0.1, 0.15) is 0 Å². The highest BCUT2D eigenvalue weighted by Gasteiger charge is 2.20. The van der Waals surface area contributed by atoms with Gasteiger partial charge in [0, 0.05) is 0 Å². The smallest absolute Gasteiger partial charge is 0.247 e. The van der Waals surface area contributed by atoms with Crippen molar-refractivity contribution in [1.29, 1.82) is 0 Å². The summed E-state index contributed by atoms with van der Waals surface area (Å²) in [5, 5.41) is 15.9. The van der Waals surface area contributed by atoms with Gasteiger partial charge in [-0.1, -0.05) is 0 Å². The number of aliphatic hydroxyl groups is 2. The normalized spacial score (nSPS) is 16.8. The van der Waals surface area contributed by atoms with Crippen molar-refractivity contribution >= 4 is 17.5 Å². The third-order valence-electron chi connectivity index (χ3n) is 0.809. The molecule has 0 unspecified atom stereocenters. The molecule has 0 heterocycles. The summed E-state index contributed by atoms with van der Waals surface area (Å²) in [6.45, 7) is -0.467. The second-order valence-corrected chi connectivity index (χ2v) is 2.11.